The number of aryl methyl sites for hydroxylation is 2. The molecule has 0 N–H and O–H groups in total. The summed E-state index contributed by atoms with van der Waals surface area (Å²) in [5.41, 5.74) is 2.46. The molecular formula is C20H24O3. The molecule has 0 bridgehead atoms. The number of carbonyl (C=O) groups excluding carboxylic acids is 1. The zero-order valence-corrected chi connectivity index (χ0v) is 13.9. The summed E-state index contributed by atoms with van der Waals surface area (Å²) >= 11 is 0. The summed E-state index contributed by atoms with van der Waals surface area (Å²) in [5.74, 6) is 0.989. The first-order valence-electron chi connectivity index (χ1n) is 8.28. The summed E-state index contributed by atoms with van der Waals surface area (Å²) in [6.07, 6.45) is 4.94. The fourth-order valence-corrected chi connectivity index (χ4v) is 2.31. The molecule has 0 heterocycles. The van der Waals surface area contributed by atoms with Crippen LogP contribution < -0.4 is 9.47 Å². The average Bonchev–Trinajstić information content (AvgIpc) is 2.57. The Hall–Kier alpha value is -2.29. The highest BCUT2D eigenvalue weighted by molar-refractivity contribution is 5.67. The van der Waals surface area contributed by atoms with Crippen LogP contribution in [-0.4, -0.2) is 6.16 Å². The summed E-state index contributed by atoms with van der Waals surface area (Å²) in [6, 6.07) is 15.0. The third kappa shape index (κ3) is 5.78. The molecule has 3 heteroatoms. The molecule has 0 aliphatic heterocycles. The molecule has 0 atom stereocenters. The van der Waals surface area contributed by atoms with E-state index in [1.54, 1.807) is 12.1 Å². The summed E-state index contributed by atoms with van der Waals surface area (Å²) in [7, 11) is 0. The second kappa shape index (κ2) is 8.99. The Kier molecular flexibility index (Phi) is 6.67. The molecule has 0 spiro atoms. The van der Waals surface area contributed by atoms with Gasteiger partial charge in [0.15, 0.2) is 0 Å². The van der Waals surface area contributed by atoms with E-state index in [0.29, 0.717) is 11.5 Å². The predicted octanol–water partition coefficient (Wildman–Crippen LogP) is 5.56. The maximum Gasteiger partial charge on any atom is 0.519 e. The molecule has 0 unspecified atom stereocenters. The summed E-state index contributed by atoms with van der Waals surface area (Å²) in [6.45, 7) is 4.27. The minimum Gasteiger partial charge on any atom is -0.395 e. The zero-order chi connectivity index (χ0) is 16.5. The normalized spacial score (nSPS) is 10.3. The third-order valence-corrected chi connectivity index (χ3v) is 3.73. The molecule has 0 aliphatic rings. The fourth-order valence-electron chi connectivity index (χ4n) is 2.31. The van der Waals surface area contributed by atoms with Crippen molar-refractivity contribution >= 4 is 6.16 Å². The highest BCUT2D eigenvalue weighted by Gasteiger charge is 2.08. The number of hydrogen-bond acceptors (Lipinski definition) is 3. The van der Waals surface area contributed by atoms with Crippen LogP contribution in [-0.2, 0) is 12.8 Å². The van der Waals surface area contributed by atoms with Crippen molar-refractivity contribution in [3.05, 3.63) is 59.7 Å². The van der Waals surface area contributed by atoms with Crippen LogP contribution in [0.4, 0.5) is 4.79 Å². The van der Waals surface area contributed by atoms with E-state index in [4.69, 9.17) is 9.47 Å². The summed E-state index contributed by atoms with van der Waals surface area (Å²) in [4.78, 5) is 11.8. The fraction of sp³-hybridized carbons (Fsp3) is 0.350. The highest BCUT2D eigenvalue weighted by atomic mass is 16.7. The molecule has 2 aromatic rings. The van der Waals surface area contributed by atoms with Gasteiger partial charge in [0.25, 0.3) is 0 Å². The van der Waals surface area contributed by atoms with Crippen molar-refractivity contribution in [1.82, 2.24) is 0 Å². The maximum atomic E-state index is 11.8. The summed E-state index contributed by atoms with van der Waals surface area (Å²) in [5, 5.41) is 0. The Morgan fingerprint density at radius 2 is 1.30 bits per heavy atom. The van der Waals surface area contributed by atoms with Crippen LogP contribution in [0, 0.1) is 0 Å². The van der Waals surface area contributed by atoms with Crippen LogP contribution in [0.2, 0.25) is 0 Å². The van der Waals surface area contributed by atoms with Crippen molar-refractivity contribution in [2.75, 3.05) is 0 Å². The van der Waals surface area contributed by atoms with Gasteiger partial charge in [-0.15, -0.1) is 0 Å². The van der Waals surface area contributed by atoms with E-state index in [2.05, 4.69) is 13.8 Å². The van der Waals surface area contributed by atoms with E-state index in [9.17, 15) is 4.79 Å². The van der Waals surface area contributed by atoms with Gasteiger partial charge in [0.05, 0.1) is 0 Å². The van der Waals surface area contributed by atoms with Crippen molar-refractivity contribution in [3.63, 3.8) is 0 Å². The number of unbranched alkanes of at least 4 members (excludes halogenated alkanes) is 2. The lowest BCUT2D eigenvalue weighted by Gasteiger charge is -2.07. The van der Waals surface area contributed by atoms with Gasteiger partial charge in [-0.3, -0.25) is 0 Å². The molecule has 2 aromatic carbocycles. The highest BCUT2D eigenvalue weighted by Crippen LogP contribution is 2.17. The van der Waals surface area contributed by atoms with Crippen LogP contribution >= 0.6 is 0 Å². The number of rotatable bonds is 7. The summed E-state index contributed by atoms with van der Waals surface area (Å²) < 4.78 is 10.4. The van der Waals surface area contributed by atoms with Gasteiger partial charge in [-0.2, -0.15) is 0 Å². The number of hydrogen-bond donors (Lipinski definition) is 0. The first-order valence-corrected chi connectivity index (χ1v) is 8.28. The molecular weight excluding hydrogens is 288 g/mol. The van der Waals surface area contributed by atoms with E-state index in [1.165, 1.54) is 30.4 Å². The van der Waals surface area contributed by atoms with Gasteiger partial charge in [-0.25, -0.2) is 4.79 Å². The third-order valence-electron chi connectivity index (χ3n) is 3.73. The van der Waals surface area contributed by atoms with Crippen molar-refractivity contribution in [1.29, 1.82) is 0 Å². The van der Waals surface area contributed by atoms with E-state index in [1.807, 2.05) is 36.4 Å². The monoisotopic (exact) mass is 312 g/mol. The van der Waals surface area contributed by atoms with Gasteiger partial charge >= 0.3 is 6.16 Å². The first kappa shape index (κ1) is 17.1. The SMILES string of the molecule is CCCCCc1ccc(OC(=O)Oc2ccc(CC)cc2)cc1. The quantitative estimate of drug-likeness (QED) is 0.381. The molecule has 2 rings (SSSR count). The minimum absolute atomic E-state index is 0.489. The molecule has 0 aromatic heterocycles. The molecule has 23 heavy (non-hydrogen) atoms. The van der Waals surface area contributed by atoms with E-state index >= 15 is 0 Å². The molecule has 0 fully saturated rings. The van der Waals surface area contributed by atoms with Crippen LogP contribution in [0.3, 0.4) is 0 Å². The van der Waals surface area contributed by atoms with Gasteiger partial charge < -0.3 is 9.47 Å². The van der Waals surface area contributed by atoms with E-state index in [-0.39, 0.29) is 0 Å². The van der Waals surface area contributed by atoms with Crippen LogP contribution in [0.5, 0.6) is 11.5 Å². The van der Waals surface area contributed by atoms with Gasteiger partial charge in [-0.05, 0) is 54.7 Å². The van der Waals surface area contributed by atoms with E-state index < -0.39 is 6.16 Å². The molecule has 0 radical (unpaired) electrons. The van der Waals surface area contributed by atoms with Crippen molar-refractivity contribution in [3.8, 4) is 11.5 Å². The lowest BCUT2D eigenvalue weighted by atomic mass is 10.1. The van der Waals surface area contributed by atoms with Crippen LogP contribution in [0.15, 0.2) is 48.5 Å². The Balaban J connectivity index is 1.84. The molecule has 0 saturated heterocycles. The number of carbonyl (C=O) groups is 1. The maximum absolute atomic E-state index is 11.8. The largest absolute Gasteiger partial charge is 0.519 e. The second-order valence-corrected chi connectivity index (χ2v) is 5.55. The Bertz CT molecular complexity index is 600. The topological polar surface area (TPSA) is 35.5 Å². The molecule has 3 nitrogen and oxygen atoms in total. The molecule has 0 saturated carbocycles. The van der Waals surface area contributed by atoms with Gasteiger partial charge in [0.1, 0.15) is 11.5 Å². The zero-order valence-electron chi connectivity index (χ0n) is 13.9. The Morgan fingerprint density at radius 1 is 0.783 bits per heavy atom. The van der Waals surface area contributed by atoms with E-state index in [0.717, 1.165) is 12.8 Å². The van der Waals surface area contributed by atoms with Crippen LogP contribution in [0.25, 0.3) is 0 Å². The predicted molar refractivity (Wildman–Crippen MR) is 92.1 cm³/mol. The van der Waals surface area contributed by atoms with Crippen molar-refractivity contribution < 1.29 is 14.3 Å². The lowest BCUT2D eigenvalue weighted by Crippen LogP contribution is -2.13. The molecule has 0 aliphatic carbocycles. The first-order chi connectivity index (χ1) is 11.2. The van der Waals surface area contributed by atoms with Gasteiger partial charge in [-0.1, -0.05) is 51.0 Å². The Labute approximate surface area is 138 Å². The lowest BCUT2D eigenvalue weighted by molar-refractivity contribution is 0.152. The minimum atomic E-state index is -0.715. The number of ether oxygens (including phenoxy) is 2. The second-order valence-electron chi connectivity index (χ2n) is 5.55. The smallest absolute Gasteiger partial charge is 0.395 e. The van der Waals surface area contributed by atoms with Crippen molar-refractivity contribution in [2.24, 2.45) is 0 Å². The Morgan fingerprint density at radius 3 is 1.78 bits per heavy atom. The van der Waals surface area contributed by atoms with Crippen LogP contribution in [0.1, 0.15) is 44.2 Å². The van der Waals surface area contributed by atoms with Gasteiger partial charge in [0.2, 0.25) is 0 Å². The standard InChI is InChI=1S/C20H24O3/c1-3-5-6-7-17-10-14-19(15-11-17)23-20(21)22-18-12-8-16(4-2)9-13-18/h8-15H,3-7H2,1-2H3. The molecule has 0 amide bonds. The average molecular weight is 312 g/mol. The van der Waals surface area contributed by atoms with Gasteiger partial charge in [0, 0.05) is 0 Å². The number of benzene rings is 2. The van der Waals surface area contributed by atoms with Crippen molar-refractivity contribution in [2.45, 2.75) is 46.0 Å². The molecule has 122 valence electrons.